The van der Waals surface area contributed by atoms with Gasteiger partial charge in [0.1, 0.15) is 17.3 Å². The van der Waals surface area contributed by atoms with E-state index in [0.717, 1.165) is 19.5 Å². The summed E-state index contributed by atoms with van der Waals surface area (Å²) in [5.74, 6) is -0.964. The number of likely N-dealkylation sites (N-methyl/N-ethyl adjacent to an activating group) is 1. The molecule has 5 heteroatoms. The van der Waals surface area contributed by atoms with E-state index in [2.05, 4.69) is 4.90 Å². The second-order valence-electron chi connectivity index (χ2n) is 6.09. The van der Waals surface area contributed by atoms with Crippen molar-refractivity contribution in [2.75, 3.05) is 31.6 Å². The van der Waals surface area contributed by atoms with E-state index in [4.69, 9.17) is 5.73 Å². The van der Waals surface area contributed by atoms with Crippen LogP contribution in [0.25, 0.3) is 0 Å². The third-order valence-electron chi connectivity index (χ3n) is 4.22. The van der Waals surface area contributed by atoms with Crippen LogP contribution < -0.4 is 10.6 Å². The molecule has 118 valence electrons. The molecule has 1 aliphatic heterocycles. The third kappa shape index (κ3) is 3.71. The van der Waals surface area contributed by atoms with E-state index in [1.54, 1.807) is 0 Å². The van der Waals surface area contributed by atoms with Gasteiger partial charge < -0.3 is 15.5 Å². The smallest absolute Gasteiger partial charge is 0.149 e. The van der Waals surface area contributed by atoms with Gasteiger partial charge in [0.15, 0.2) is 0 Å². The van der Waals surface area contributed by atoms with Crippen LogP contribution >= 0.6 is 0 Å². The number of hydrogen-bond donors (Lipinski definition) is 1. The molecule has 2 atom stereocenters. The third-order valence-corrected chi connectivity index (χ3v) is 4.22. The molecular weight excluding hydrogens is 272 g/mol. The van der Waals surface area contributed by atoms with Crippen LogP contribution in [0.5, 0.6) is 0 Å². The zero-order chi connectivity index (χ0) is 15.6. The first-order valence-electron chi connectivity index (χ1n) is 7.61. The van der Waals surface area contributed by atoms with Crippen LogP contribution in [0.15, 0.2) is 12.1 Å². The van der Waals surface area contributed by atoms with Crippen molar-refractivity contribution < 1.29 is 8.78 Å². The van der Waals surface area contributed by atoms with E-state index in [1.807, 2.05) is 25.8 Å². The minimum absolute atomic E-state index is 0.0581. The summed E-state index contributed by atoms with van der Waals surface area (Å²) < 4.78 is 28.8. The van der Waals surface area contributed by atoms with Gasteiger partial charge in [0.2, 0.25) is 0 Å². The van der Waals surface area contributed by atoms with Gasteiger partial charge in [-0.15, -0.1) is 0 Å². The largest absolute Gasteiger partial charge is 0.362 e. The van der Waals surface area contributed by atoms with Crippen molar-refractivity contribution in [1.29, 1.82) is 0 Å². The lowest BCUT2D eigenvalue weighted by Crippen LogP contribution is -2.51. The maximum Gasteiger partial charge on any atom is 0.149 e. The summed E-state index contributed by atoms with van der Waals surface area (Å²) in [6, 6.07) is 2.89. The van der Waals surface area contributed by atoms with Crippen LogP contribution in [0.3, 0.4) is 0 Å². The SMILES string of the molecule is CCC(N)Cc1cc(F)c(N2CCN(C)CC2C)c(F)c1. The molecule has 0 bridgehead atoms. The van der Waals surface area contributed by atoms with Crippen molar-refractivity contribution in [2.45, 2.75) is 38.8 Å². The highest BCUT2D eigenvalue weighted by Crippen LogP contribution is 2.28. The lowest BCUT2D eigenvalue weighted by atomic mass is 10.0. The van der Waals surface area contributed by atoms with Gasteiger partial charge >= 0.3 is 0 Å². The van der Waals surface area contributed by atoms with Gasteiger partial charge in [0.05, 0.1) is 0 Å². The summed E-state index contributed by atoms with van der Waals surface area (Å²) in [5, 5.41) is 0. The lowest BCUT2D eigenvalue weighted by Gasteiger charge is -2.40. The highest BCUT2D eigenvalue weighted by Gasteiger charge is 2.26. The second-order valence-corrected chi connectivity index (χ2v) is 6.09. The zero-order valence-electron chi connectivity index (χ0n) is 13.1. The molecule has 1 saturated heterocycles. The van der Waals surface area contributed by atoms with Crippen LogP contribution in [0, 0.1) is 11.6 Å². The summed E-state index contributed by atoms with van der Waals surface area (Å²) in [6.45, 7) is 6.22. The molecule has 1 aromatic rings. The Morgan fingerprint density at radius 2 is 1.90 bits per heavy atom. The normalized spacial score (nSPS) is 21.6. The fourth-order valence-electron chi connectivity index (χ4n) is 2.93. The standard InChI is InChI=1S/C16H25F2N3/c1-4-13(19)7-12-8-14(17)16(15(18)9-12)21-6-5-20(3)10-11(21)2/h8-9,11,13H,4-7,10,19H2,1-3H3. The van der Waals surface area contributed by atoms with Crippen molar-refractivity contribution in [1.82, 2.24) is 4.90 Å². The van der Waals surface area contributed by atoms with Crippen molar-refractivity contribution in [3.05, 3.63) is 29.3 Å². The van der Waals surface area contributed by atoms with E-state index >= 15 is 0 Å². The molecule has 1 aliphatic rings. The fourth-order valence-corrected chi connectivity index (χ4v) is 2.93. The highest BCUT2D eigenvalue weighted by atomic mass is 19.1. The first-order valence-corrected chi connectivity index (χ1v) is 7.61. The highest BCUT2D eigenvalue weighted by molar-refractivity contribution is 5.52. The first kappa shape index (κ1) is 16.2. The van der Waals surface area contributed by atoms with Crippen LogP contribution in [0.4, 0.5) is 14.5 Å². The van der Waals surface area contributed by atoms with Crippen LogP contribution in [0.2, 0.25) is 0 Å². The number of benzene rings is 1. The average molecular weight is 297 g/mol. The Bertz CT molecular complexity index is 469. The average Bonchev–Trinajstić information content (AvgIpc) is 2.40. The molecule has 0 amide bonds. The zero-order valence-corrected chi connectivity index (χ0v) is 13.1. The quantitative estimate of drug-likeness (QED) is 0.926. The molecular formula is C16H25F2N3. The number of anilines is 1. The molecule has 0 aromatic heterocycles. The van der Waals surface area contributed by atoms with Gasteiger partial charge in [-0.3, -0.25) is 0 Å². The van der Waals surface area contributed by atoms with Gasteiger partial charge in [-0.05, 0) is 44.5 Å². The minimum Gasteiger partial charge on any atom is -0.362 e. The van der Waals surface area contributed by atoms with Crippen LogP contribution in [0.1, 0.15) is 25.8 Å². The Kier molecular flexibility index (Phi) is 5.17. The number of nitrogens with two attached hydrogens (primary N) is 1. The molecule has 2 rings (SSSR count). The Morgan fingerprint density at radius 1 is 1.29 bits per heavy atom. The molecule has 0 saturated carbocycles. The summed E-state index contributed by atoms with van der Waals surface area (Å²) in [4.78, 5) is 4.00. The first-order chi connectivity index (χ1) is 9.92. The molecule has 0 radical (unpaired) electrons. The fraction of sp³-hybridized carbons (Fsp3) is 0.625. The van der Waals surface area contributed by atoms with Gasteiger partial charge in [0.25, 0.3) is 0 Å². The molecule has 0 aliphatic carbocycles. The van der Waals surface area contributed by atoms with E-state index in [1.165, 1.54) is 12.1 Å². The number of piperazine rings is 1. The lowest BCUT2D eigenvalue weighted by molar-refractivity contribution is 0.273. The molecule has 1 heterocycles. The van der Waals surface area contributed by atoms with E-state index in [-0.39, 0.29) is 17.8 Å². The van der Waals surface area contributed by atoms with Crippen LogP contribution in [-0.2, 0) is 6.42 Å². The van der Waals surface area contributed by atoms with E-state index < -0.39 is 11.6 Å². The summed E-state index contributed by atoms with van der Waals surface area (Å²) >= 11 is 0. The monoisotopic (exact) mass is 297 g/mol. The van der Waals surface area contributed by atoms with Gasteiger partial charge in [0, 0.05) is 31.7 Å². The summed E-state index contributed by atoms with van der Waals surface area (Å²) in [5.41, 5.74) is 6.59. The number of rotatable bonds is 4. The van der Waals surface area contributed by atoms with Gasteiger partial charge in [-0.25, -0.2) is 8.78 Å². The molecule has 0 spiro atoms. The van der Waals surface area contributed by atoms with Crippen LogP contribution in [-0.4, -0.2) is 43.7 Å². The number of nitrogens with zero attached hydrogens (tertiary/aromatic N) is 2. The topological polar surface area (TPSA) is 32.5 Å². The summed E-state index contributed by atoms with van der Waals surface area (Å²) in [6.07, 6.45) is 1.30. The molecule has 2 unspecified atom stereocenters. The Balaban J connectivity index is 2.24. The Labute approximate surface area is 125 Å². The minimum atomic E-state index is -0.482. The number of halogens is 2. The molecule has 1 fully saturated rings. The maximum absolute atomic E-state index is 14.4. The van der Waals surface area contributed by atoms with Crippen molar-refractivity contribution in [3.63, 3.8) is 0 Å². The predicted octanol–water partition coefficient (Wildman–Crippen LogP) is 2.38. The van der Waals surface area contributed by atoms with Crippen molar-refractivity contribution in [3.8, 4) is 0 Å². The van der Waals surface area contributed by atoms with Crippen molar-refractivity contribution in [2.24, 2.45) is 5.73 Å². The van der Waals surface area contributed by atoms with Gasteiger partial charge in [-0.1, -0.05) is 6.92 Å². The second kappa shape index (κ2) is 6.71. The molecule has 3 nitrogen and oxygen atoms in total. The predicted molar refractivity (Wildman–Crippen MR) is 82.6 cm³/mol. The molecule has 1 aromatic carbocycles. The van der Waals surface area contributed by atoms with Gasteiger partial charge in [-0.2, -0.15) is 0 Å². The molecule has 21 heavy (non-hydrogen) atoms. The maximum atomic E-state index is 14.4. The number of hydrogen-bond acceptors (Lipinski definition) is 3. The van der Waals surface area contributed by atoms with Crippen molar-refractivity contribution >= 4 is 5.69 Å². The Morgan fingerprint density at radius 3 is 2.43 bits per heavy atom. The van der Waals surface area contributed by atoms with E-state index in [9.17, 15) is 8.78 Å². The Hall–Kier alpha value is -1.20. The molecule has 2 N–H and O–H groups in total. The summed E-state index contributed by atoms with van der Waals surface area (Å²) in [7, 11) is 2.02. The van der Waals surface area contributed by atoms with E-state index in [0.29, 0.717) is 18.5 Å².